The van der Waals surface area contributed by atoms with Crippen molar-refractivity contribution in [3.8, 4) is 11.6 Å². The van der Waals surface area contributed by atoms with Crippen molar-refractivity contribution < 1.29 is 9.47 Å². The quantitative estimate of drug-likeness (QED) is 0.616. The molecule has 4 aromatic rings. The Morgan fingerprint density at radius 1 is 1.09 bits per heavy atom. The minimum atomic E-state index is -0.174. The summed E-state index contributed by atoms with van der Waals surface area (Å²) in [6.07, 6.45) is 0. The van der Waals surface area contributed by atoms with Gasteiger partial charge in [-0.2, -0.15) is 0 Å². The molecule has 1 N–H and O–H groups in total. The molecular formula is C16H13N3O3. The van der Waals surface area contributed by atoms with Gasteiger partial charge < -0.3 is 14.5 Å². The molecular weight excluding hydrogens is 282 g/mol. The minimum absolute atomic E-state index is 0.174. The van der Waals surface area contributed by atoms with Crippen LogP contribution in [0.15, 0.2) is 41.2 Å². The molecule has 0 aliphatic carbocycles. The predicted octanol–water partition coefficient (Wildman–Crippen LogP) is 2.35. The lowest BCUT2D eigenvalue weighted by atomic mass is 10.1. The van der Waals surface area contributed by atoms with E-state index < -0.39 is 0 Å². The van der Waals surface area contributed by atoms with Crippen molar-refractivity contribution in [3.63, 3.8) is 0 Å². The zero-order valence-electron chi connectivity index (χ0n) is 12.1. The van der Waals surface area contributed by atoms with E-state index in [-0.39, 0.29) is 5.56 Å². The van der Waals surface area contributed by atoms with E-state index >= 15 is 0 Å². The van der Waals surface area contributed by atoms with Gasteiger partial charge in [-0.25, -0.2) is 4.98 Å². The van der Waals surface area contributed by atoms with Gasteiger partial charge in [0.2, 0.25) is 0 Å². The lowest BCUT2D eigenvalue weighted by Gasteiger charge is -2.07. The van der Waals surface area contributed by atoms with Gasteiger partial charge in [0.1, 0.15) is 16.9 Å². The van der Waals surface area contributed by atoms with Gasteiger partial charge in [0.05, 0.1) is 14.2 Å². The van der Waals surface area contributed by atoms with Gasteiger partial charge in [0.25, 0.3) is 5.56 Å². The summed E-state index contributed by atoms with van der Waals surface area (Å²) < 4.78 is 12.6. The highest BCUT2D eigenvalue weighted by Crippen LogP contribution is 2.28. The fourth-order valence-electron chi connectivity index (χ4n) is 2.78. The van der Waals surface area contributed by atoms with E-state index in [1.807, 2.05) is 28.7 Å². The van der Waals surface area contributed by atoms with E-state index in [2.05, 4.69) is 9.97 Å². The number of hydrogen-bond acceptors (Lipinski definition) is 4. The Hall–Kier alpha value is -3.02. The van der Waals surface area contributed by atoms with Gasteiger partial charge in [-0.15, -0.1) is 0 Å². The third-order valence-electron chi connectivity index (χ3n) is 3.78. The molecule has 4 rings (SSSR count). The highest BCUT2D eigenvalue weighted by atomic mass is 16.5. The summed E-state index contributed by atoms with van der Waals surface area (Å²) >= 11 is 0. The van der Waals surface area contributed by atoms with Crippen LogP contribution >= 0.6 is 0 Å². The number of methoxy groups -OCH3 is 2. The van der Waals surface area contributed by atoms with Crippen molar-refractivity contribution in [1.29, 1.82) is 0 Å². The number of hydrogen-bond donors (Lipinski definition) is 1. The van der Waals surface area contributed by atoms with Crippen LogP contribution in [0.25, 0.3) is 27.6 Å². The van der Waals surface area contributed by atoms with Gasteiger partial charge in [0.15, 0.2) is 11.5 Å². The van der Waals surface area contributed by atoms with Crippen molar-refractivity contribution in [3.05, 3.63) is 46.8 Å². The average molecular weight is 295 g/mol. The first kappa shape index (κ1) is 12.7. The van der Waals surface area contributed by atoms with E-state index in [1.165, 1.54) is 0 Å². The van der Waals surface area contributed by atoms with E-state index in [9.17, 15) is 4.79 Å². The Kier molecular flexibility index (Phi) is 2.59. The third kappa shape index (κ3) is 1.60. The van der Waals surface area contributed by atoms with Crippen LogP contribution in [-0.2, 0) is 0 Å². The van der Waals surface area contributed by atoms with Crippen molar-refractivity contribution in [2.75, 3.05) is 14.2 Å². The van der Waals surface area contributed by atoms with Crippen LogP contribution in [0.2, 0.25) is 0 Å². The number of H-pyrrole nitrogens is 1. The summed E-state index contributed by atoms with van der Waals surface area (Å²) in [5.74, 6) is 1.33. The number of ether oxygens (including phenoxy) is 2. The van der Waals surface area contributed by atoms with Crippen LogP contribution in [0.5, 0.6) is 11.6 Å². The monoisotopic (exact) mass is 295 g/mol. The second kappa shape index (κ2) is 4.49. The van der Waals surface area contributed by atoms with Crippen LogP contribution in [0.1, 0.15) is 0 Å². The number of nitrogens with zero attached hydrogens (tertiary/aromatic N) is 2. The molecule has 0 fully saturated rings. The second-order valence-electron chi connectivity index (χ2n) is 4.94. The zero-order valence-corrected chi connectivity index (χ0v) is 12.1. The molecule has 0 aliphatic rings. The first-order valence-electron chi connectivity index (χ1n) is 6.78. The SMILES string of the molecule is COc1ccc2c(=O)[nH]c3nc4cccc(OC)n4c3c2c1. The summed E-state index contributed by atoms with van der Waals surface area (Å²) in [5.41, 5.74) is 1.85. The van der Waals surface area contributed by atoms with Crippen LogP contribution in [0, 0.1) is 0 Å². The molecule has 0 radical (unpaired) electrons. The number of aromatic amines is 1. The molecule has 22 heavy (non-hydrogen) atoms. The summed E-state index contributed by atoms with van der Waals surface area (Å²) in [7, 11) is 3.20. The molecule has 0 amide bonds. The normalized spacial score (nSPS) is 11.4. The smallest absolute Gasteiger partial charge is 0.257 e. The summed E-state index contributed by atoms with van der Waals surface area (Å²) in [5, 5.41) is 1.36. The Labute approximate surface area is 124 Å². The molecule has 3 heterocycles. The standard InChI is InChI=1S/C16H13N3O3/c1-21-9-6-7-10-11(8-9)14-15(18-16(10)20)17-12-4-3-5-13(22-2)19(12)14/h3-8H,1-2H3,(H,18,20). The fourth-order valence-corrected chi connectivity index (χ4v) is 2.78. The first-order chi connectivity index (χ1) is 10.7. The third-order valence-corrected chi connectivity index (χ3v) is 3.78. The molecule has 0 spiro atoms. The molecule has 6 heteroatoms. The van der Waals surface area contributed by atoms with Crippen LogP contribution < -0.4 is 15.0 Å². The molecule has 0 unspecified atom stereocenters. The molecule has 1 aromatic carbocycles. The highest BCUT2D eigenvalue weighted by molar-refractivity contribution is 6.04. The Morgan fingerprint density at radius 3 is 2.73 bits per heavy atom. The molecule has 0 aliphatic heterocycles. The number of fused-ring (bicyclic) bond motifs is 5. The number of benzene rings is 1. The lowest BCUT2D eigenvalue weighted by Crippen LogP contribution is -2.06. The van der Waals surface area contributed by atoms with E-state index in [4.69, 9.17) is 9.47 Å². The topological polar surface area (TPSA) is 68.6 Å². The summed E-state index contributed by atoms with van der Waals surface area (Å²) in [6, 6.07) is 10.9. The van der Waals surface area contributed by atoms with Crippen LogP contribution in [0.4, 0.5) is 0 Å². The Bertz CT molecular complexity index is 1080. The molecule has 110 valence electrons. The van der Waals surface area contributed by atoms with E-state index in [0.717, 1.165) is 10.9 Å². The van der Waals surface area contributed by atoms with Crippen LogP contribution in [0.3, 0.4) is 0 Å². The highest BCUT2D eigenvalue weighted by Gasteiger charge is 2.14. The van der Waals surface area contributed by atoms with Gasteiger partial charge in [0, 0.05) is 10.8 Å². The number of imidazole rings is 1. The zero-order chi connectivity index (χ0) is 15.3. The maximum atomic E-state index is 12.2. The summed E-state index contributed by atoms with van der Waals surface area (Å²) in [4.78, 5) is 19.6. The first-order valence-corrected chi connectivity index (χ1v) is 6.78. The maximum absolute atomic E-state index is 12.2. The molecule has 6 nitrogen and oxygen atoms in total. The number of rotatable bonds is 2. The number of aromatic nitrogens is 3. The molecule has 3 aromatic heterocycles. The molecule has 0 saturated heterocycles. The van der Waals surface area contributed by atoms with Crippen molar-refractivity contribution >= 4 is 27.6 Å². The van der Waals surface area contributed by atoms with E-state index in [0.29, 0.717) is 28.3 Å². The lowest BCUT2D eigenvalue weighted by molar-refractivity contribution is 0.394. The second-order valence-corrected chi connectivity index (χ2v) is 4.94. The van der Waals surface area contributed by atoms with Crippen molar-refractivity contribution in [1.82, 2.24) is 14.4 Å². The molecule has 0 bridgehead atoms. The van der Waals surface area contributed by atoms with Gasteiger partial charge in [-0.1, -0.05) is 6.07 Å². The van der Waals surface area contributed by atoms with E-state index in [1.54, 1.807) is 26.4 Å². The largest absolute Gasteiger partial charge is 0.497 e. The van der Waals surface area contributed by atoms with Crippen molar-refractivity contribution in [2.24, 2.45) is 0 Å². The predicted molar refractivity (Wildman–Crippen MR) is 83.9 cm³/mol. The van der Waals surface area contributed by atoms with Gasteiger partial charge in [-0.3, -0.25) is 9.20 Å². The Balaban J connectivity index is 2.32. The van der Waals surface area contributed by atoms with Crippen molar-refractivity contribution in [2.45, 2.75) is 0 Å². The maximum Gasteiger partial charge on any atom is 0.257 e. The molecule has 0 saturated carbocycles. The fraction of sp³-hybridized carbons (Fsp3) is 0.125. The Morgan fingerprint density at radius 2 is 1.95 bits per heavy atom. The molecule has 0 atom stereocenters. The number of pyridine rings is 2. The number of nitrogens with one attached hydrogen (secondary N) is 1. The minimum Gasteiger partial charge on any atom is -0.497 e. The van der Waals surface area contributed by atoms with Gasteiger partial charge in [-0.05, 0) is 30.3 Å². The average Bonchev–Trinajstić information content (AvgIpc) is 2.92. The van der Waals surface area contributed by atoms with Gasteiger partial charge >= 0.3 is 0 Å². The summed E-state index contributed by atoms with van der Waals surface area (Å²) in [6.45, 7) is 0. The van der Waals surface area contributed by atoms with Crippen LogP contribution in [-0.4, -0.2) is 28.6 Å².